The van der Waals surface area contributed by atoms with E-state index < -0.39 is 35.0 Å². The molecular weight excluding hydrogens is 530 g/mol. The van der Waals surface area contributed by atoms with Crippen LogP contribution in [0.2, 0.25) is 0 Å². The number of carbonyl (C=O) groups is 2. The molecule has 0 saturated carbocycles. The highest BCUT2D eigenvalue weighted by Crippen LogP contribution is 2.36. The van der Waals surface area contributed by atoms with Gasteiger partial charge in [0, 0.05) is 44.3 Å². The predicted octanol–water partition coefficient (Wildman–Crippen LogP) is 3.49. The number of nitrogens with one attached hydrogen (secondary N) is 1. The van der Waals surface area contributed by atoms with E-state index in [4.69, 9.17) is 4.74 Å². The lowest BCUT2D eigenvalue weighted by atomic mass is 9.96. The largest absolute Gasteiger partial charge is 0.416 e. The van der Waals surface area contributed by atoms with Crippen LogP contribution in [0.15, 0.2) is 18.2 Å². The van der Waals surface area contributed by atoms with E-state index >= 15 is 0 Å². The highest BCUT2D eigenvalue weighted by Gasteiger charge is 2.37. The van der Waals surface area contributed by atoms with Gasteiger partial charge in [-0.3, -0.25) is 19.4 Å². The minimum atomic E-state index is -5.01. The van der Waals surface area contributed by atoms with Crippen LogP contribution in [0.1, 0.15) is 47.2 Å². The van der Waals surface area contributed by atoms with Crippen LogP contribution < -0.4 is 5.32 Å². The summed E-state index contributed by atoms with van der Waals surface area (Å²) in [5.74, 6) is -0.880. The molecule has 2 amide bonds. The number of piperidine rings is 2. The van der Waals surface area contributed by atoms with E-state index in [2.05, 4.69) is 15.1 Å². The maximum atomic E-state index is 13.1. The summed E-state index contributed by atoms with van der Waals surface area (Å²) in [5.41, 5.74) is -3.73. The molecule has 218 valence electrons. The van der Waals surface area contributed by atoms with Crippen LogP contribution in [-0.4, -0.2) is 98.1 Å². The van der Waals surface area contributed by atoms with E-state index in [1.807, 2.05) is 4.90 Å². The Morgan fingerprint density at radius 2 is 1.38 bits per heavy atom. The average Bonchev–Trinajstić information content (AvgIpc) is 2.92. The molecule has 3 aliphatic heterocycles. The van der Waals surface area contributed by atoms with Gasteiger partial charge >= 0.3 is 12.4 Å². The van der Waals surface area contributed by atoms with E-state index in [0.29, 0.717) is 50.7 Å². The number of carbonyl (C=O) groups excluding carboxylic acids is 2. The quantitative estimate of drug-likeness (QED) is 0.537. The summed E-state index contributed by atoms with van der Waals surface area (Å²) in [6.45, 7) is 6.52. The predicted molar refractivity (Wildman–Crippen MR) is 130 cm³/mol. The standard InChI is InChI=1S/C26H34F6N4O3/c27-25(28,29)20-13-19(14-21(15-20)26(30,31)32)24(38)33-16-18-1-5-34(6-2-18)17-23(37)36-7-3-22(4-8-36)35-9-11-39-12-10-35/h13-15,18,22H,1-12,16-17H2,(H,33,38). The zero-order chi connectivity index (χ0) is 28.2. The smallest absolute Gasteiger partial charge is 0.379 e. The first kappa shape index (κ1) is 29.6. The molecule has 3 saturated heterocycles. The van der Waals surface area contributed by atoms with Gasteiger partial charge in [-0.25, -0.2) is 0 Å². The minimum Gasteiger partial charge on any atom is -0.379 e. The van der Waals surface area contributed by atoms with Gasteiger partial charge in [-0.1, -0.05) is 0 Å². The third kappa shape index (κ3) is 8.07. The summed E-state index contributed by atoms with van der Waals surface area (Å²) >= 11 is 0. The first-order chi connectivity index (χ1) is 18.4. The maximum Gasteiger partial charge on any atom is 0.416 e. The summed E-state index contributed by atoms with van der Waals surface area (Å²) in [6.07, 6.45) is -6.82. The Balaban J connectivity index is 1.20. The molecule has 0 atom stereocenters. The monoisotopic (exact) mass is 564 g/mol. The van der Waals surface area contributed by atoms with Gasteiger partial charge in [-0.05, 0) is 62.9 Å². The van der Waals surface area contributed by atoms with Crippen LogP contribution in [0.3, 0.4) is 0 Å². The van der Waals surface area contributed by atoms with Gasteiger partial charge in [0.05, 0.1) is 30.9 Å². The number of hydrogen-bond acceptors (Lipinski definition) is 5. The van der Waals surface area contributed by atoms with E-state index in [0.717, 1.165) is 52.2 Å². The van der Waals surface area contributed by atoms with Crippen molar-refractivity contribution >= 4 is 11.8 Å². The summed E-state index contributed by atoms with van der Waals surface area (Å²) in [6, 6.07) is 1.35. The van der Waals surface area contributed by atoms with E-state index in [1.165, 1.54) is 0 Å². The van der Waals surface area contributed by atoms with Crippen molar-refractivity contribution in [1.82, 2.24) is 20.0 Å². The van der Waals surface area contributed by atoms with Crippen molar-refractivity contribution in [3.05, 3.63) is 34.9 Å². The molecule has 7 nitrogen and oxygen atoms in total. The molecule has 1 aromatic carbocycles. The van der Waals surface area contributed by atoms with Gasteiger partial charge in [-0.15, -0.1) is 0 Å². The molecule has 3 fully saturated rings. The molecule has 0 unspecified atom stereocenters. The van der Waals surface area contributed by atoms with Crippen LogP contribution >= 0.6 is 0 Å². The number of rotatable bonds is 6. The summed E-state index contributed by atoms with van der Waals surface area (Å²) in [4.78, 5) is 31.7. The summed E-state index contributed by atoms with van der Waals surface area (Å²) in [7, 11) is 0. The van der Waals surface area contributed by atoms with Crippen LogP contribution in [0.25, 0.3) is 0 Å². The van der Waals surface area contributed by atoms with Crippen LogP contribution in [-0.2, 0) is 21.9 Å². The second kappa shape index (κ2) is 12.4. The number of amides is 2. The Labute approximate surface area is 223 Å². The topological polar surface area (TPSA) is 65.1 Å². The number of hydrogen-bond donors (Lipinski definition) is 1. The van der Waals surface area contributed by atoms with Gasteiger partial charge in [0.15, 0.2) is 0 Å². The van der Waals surface area contributed by atoms with Crippen molar-refractivity contribution in [2.24, 2.45) is 5.92 Å². The molecule has 3 aliphatic rings. The van der Waals surface area contributed by atoms with Crippen molar-refractivity contribution < 1.29 is 40.7 Å². The second-order valence-electron chi connectivity index (χ2n) is 10.5. The number of halogens is 6. The third-order valence-corrected chi connectivity index (χ3v) is 7.85. The fourth-order valence-electron chi connectivity index (χ4n) is 5.49. The van der Waals surface area contributed by atoms with E-state index in [9.17, 15) is 35.9 Å². The molecule has 0 spiro atoms. The number of nitrogens with zero attached hydrogens (tertiary/aromatic N) is 3. The minimum absolute atomic E-state index is 0.000149. The first-order valence-corrected chi connectivity index (χ1v) is 13.3. The Morgan fingerprint density at radius 1 is 0.821 bits per heavy atom. The van der Waals surface area contributed by atoms with Gasteiger partial charge in [0.25, 0.3) is 5.91 Å². The Morgan fingerprint density at radius 3 is 1.92 bits per heavy atom. The normalized spacial score (nSPS) is 21.2. The van der Waals surface area contributed by atoms with Gasteiger partial charge in [-0.2, -0.15) is 26.3 Å². The average molecular weight is 565 g/mol. The highest BCUT2D eigenvalue weighted by molar-refractivity contribution is 5.94. The van der Waals surface area contributed by atoms with Crippen LogP contribution in [0, 0.1) is 5.92 Å². The SMILES string of the molecule is O=C(NCC1CCN(CC(=O)N2CCC(N3CCOCC3)CC2)CC1)c1cc(C(F)(F)F)cc(C(F)(F)F)c1. The molecule has 0 aliphatic carbocycles. The van der Waals surface area contributed by atoms with Gasteiger partial charge in [0.1, 0.15) is 0 Å². The second-order valence-corrected chi connectivity index (χ2v) is 10.5. The summed E-state index contributed by atoms with van der Waals surface area (Å²) < 4.78 is 83.9. The molecule has 0 aromatic heterocycles. The first-order valence-electron chi connectivity index (χ1n) is 13.3. The number of ether oxygens (including phenoxy) is 1. The van der Waals surface area contributed by atoms with Gasteiger partial charge < -0.3 is 15.0 Å². The molecule has 39 heavy (non-hydrogen) atoms. The number of benzene rings is 1. The number of alkyl halides is 6. The van der Waals surface area contributed by atoms with Crippen molar-refractivity contribution in [3.8, 4) is 0 Å². The Kier molecular flexibility index (Phi) is 9.43. The third-order valence-electron chi connectivity index (χ3n) is 7.85. The number of likely N-dealkylation sites (tertiary alicyclic amines) is 2. The summed E-state index contributed by atoms with van der Waals surface area (Å²) in [5, 5.41) is 2.49. The maximum absolute atomic E-state index is 13.1. The Bertz CT molecular complexity index is 964. The molecule has 1 N–H and O–H groups in total. The van der Waals surface area contributed by atoms with Crippen LogP contribution in [0.4, 0.5) is 26.3 Å². The molecular formula is C26H34F6N4O3. The fraction of sp³-hybridized carbons (Fsp3) is 0.692. The highest BCUT2D eigenvalue weighted by atomic mass is 19.4. The van der Waals surface area contributed by atoms with Crippen molar-refractivity contribution in [2.75, 3.05) is 65.6 Å². The molecule has 0 radical (unpaired) electrons. The van der Waals surface area contributed by atoms with Gasteiger partial charge in [0.2, 0.25) is 5.91 Å². The van der Waals surface area contributed by atoms with Crippen LogP contribution in [0.5, 0.6) is 0 Å². The van der Waals surface area contributed by atoms with Crippen molar-refractivity contribution in [1.29, 1.82) is 0 Å². The van der Waals surface area contributed by atoms with E-state index in [1.54, 1.807) is 0 Å². The zero-order valence-electron chi connectivity index (χ0n) is 21.6. The lowest BCUT2D eigenvalue weighted by Gasteiger charge is -2.40. The fourth-order valence-corrected chi connectivity index (χ4v) is 5.49. The van der Waals surface area contributed by atoms with Crippen molar-refractivity contribution in [2.45, 2.75) is 44.1 Å². The molecule has 4 rings (SSSR count). The molecule has 3 heterocycles. The lowest BCUT2D eigenvalue weighted by Crippen LogP contribution is -2.52. The molecule has 0 bridgehead atoms. The van der Waals surface area contributed by atoms with E-state index in [-0.39, 0.29) is 24.4 Å². The number of morpholine rings is 1. The lowest BCUT2D eigenvalue weighted by molar-refractivity contribution is -0.143. The molecule has 13 heteroatoms. The van der Waals surface area contributed by atoms with Crippen molar-refractivity contribution in [3.63, 3.8) is 0 Å². The zero-order valence-corrected chi connectivity index (χ0v) is 21.6. The Hall–Kier alpha value is -2.38. The molecule has 1 aromatic rings.